The maximum absolute atomic E-state index is 6.37. The van der Waals surface area contributed by atoms with E-state index in [0.29, 0.717) is 0 Å². The predicted octanol–water partition coefficient (Wildman–Crippen LogP) is 12.1. The smallest absolute Gasteiger partial charge is 0.160 e. The van der Waals surface area contributed by atoms with Gasteiger partial charge in [0.1, 0.15) is 11.2 Å². The third-order valence-corrected chi connectivity index (χ3v) is 13.9. The largest absolute Gasteiger partial charge is 0.454 e. The van der Waals surface area contributed by atoms with Crippen molar-refractivity contribution in [2.75, 3.05) is 0 Å². The van der Waals surface area contributed by atoms with E-state index in [2.05, 4.69) is 98.7 Å². The van der Waals surface area contributed by atoms with Gasteiger partial charge in [0.05, 0.1) is 37.0 Å². The van der Waals surface area contributed by atoms with Crippen LogP contribution in [0.25, 0.3) is 62.0 Å². The Bertz CT molecular complexity index is 1710. The third kappa shape index (κ3) is 2.87. The van der Waals surface area contributed by atoms with Crippen molar-refractivity contribution in [1.82, 2.24) is 0 Å². The normalized spacial score (nSPS) is 12.4. The van der Waals surface area contributed by atoms with Crippen molar-refractivity contribution in [3.63, 3.8) is 0 Å². The highest BCUT2D eigenvalue weighted by molar-refractivity contribution is 9.11. The zero-order chi connectivity index (χ0) is 21.7. The van der Waals surface area contributed by atoms with Crippen molar-refractivity contribution in [3.8, 4) is 21.3 Å². The van der Waals surface area contributed by atoms with Crippen LogP contribution in [0.3, 0.4) is 0 Å². The summed E-state index contributed by atoms with van der Waals surface area (Å²) < 4.78 is 21.8. The molecule has 0 atom stereocenters. The molecule has 7 rings (SSSR count). The van der Waals surface area contributed by atoms with E-state index in [1.54, 1.807) is 45.3 Å². The molecule has 1 aromatic carbocycles. The van der Waals surface area contributed by atoms with Crippen molar-refractivity contribution in [3.05, 3.63) is 52.9 Å². The van der Waals surface area contributed by atoms with Gasteiger partial charge in [-0.15, -0.1) is 45.3 Å². The molecule has 0 unspecified atom stereocenters. The van der Waals surface area contributed by atoms with Gasteiger partial charge < -0.3 is 8.83 Å². The molecule has 158 valence electrons. The lowest BCUT2D eigenvalue weighted by Gasteiger charge is -1.95. The van der Waals surface area contributed by atoms with Gasteiger partial charge in [0.15, 0.2) is 11.5 Å². The number of rotatable bonds is 2. The van der Waals surface area contributed by atoms with Gasteiger partial charge in [-0.05, 0) is 98.7 Å². The molecule has 0 bridgehead atoms. The average molecular weight is 750 g/mol. The van der Waals surface area contributed by atoms with Crippen molar-refractivity contribution < 1.29 is 8.83 Å². The summed E-state index contributed by atoms with van der Waals surface area (Å²) in [4.78, 5) is 2.18. The van der Waals surface area contributed by atoms with Crippen molar-refractivity contribution in [2.24, 2.45) is 0 Å². The first-order valence-electron chi connectivity index (χ1n) is 9.17. The van der Waals surface area contributed by atoms with Gasteiger partial charge in [-0.1, -0.05) is 0 Å². The van der Waals surface area contributed by atoms with E-state index in [0.717, 1.165) is 61.1 Å². The number of halogens is 4. The Morgan fingerprint density at radius 3 is 1.44 bits per heavy atom. The Kier molecular flexibility index (Phi) is 4.90. The zero-order valence-corrected chi connectivity index (χ0v) is 25.0. The average Bonchev–Trinajstić information content (AvgIpc) is 3.59. The van der Waals surface area contributed by atoms with Crippen molar-refractivity contribution >= 4 is 150 Å². The molecule has 0 aliphatic carbocycles. The van der Waals surface area contributed by atoms with Crippen LogP contribution in [0.2, 0.25) is 0 Å². The summed E-state index contributed by atoms with van der Waals surface area (Å²) in [6.07, 6.45) is 0. The van der Waals surface area contributed by atoms with Gasteiger partial charge in [0, 0.05) is 20.2 Å². The maximum atomic E-state index is 6.37. The Hall–Kier alpha value is -0.460. The first kappa shape index (κ1) is 20.9. The van der Waals surface area contributed by atoms with Crippen LogP contribution in [-0.2, 0) is 0 Å². The highest BCUT2D eigenvalue weighted by Crippen LogP contribution is 2.52. The topological polar surface area (TPSA) is 26.3 Å². The number of furan rings is 2. The van der Waals surface area contributed by atoms with E-state index in [-0.39, 0.29) is 0 Å². The molecule has 0 saturated carbocycles. The van der Waals surface area contributed by atoms with Crippen LogP contribution in [0.1, 0.15) is 0 Å². The van der Waals surface area contributed by atoms with Gasteiger partial charge in [0.2, 0.25) is 0 Å². The van der Waals surface area contributed by atoms with E-state index in [1.165, 1.54) is 18.8 Å². The quantitative estimate of drug-likeness (QED) is 0.176. The van der Waals surface area contributed by atoms with Crippen molar-refractivity contribution in [2.45, 2.75) is 0 Å². The molecule has 0 fully saturated rings. The molecule has 10 heteroatoms. The van der Waals surface area contributed by atoms with Crippen LogP contribution < -0.4 is 0 Å². The monoisotopic (exact) mass is 746 g/mol. The Morgan fingerprint density at radius 2 is 1.03 bits per heavy atom. The van der Waals surface area contributed by atoms with Crippen LogP contribution in [0.5, 0.6) is 0 Å². The molecule has 0 spiro atoms. The SMILES string of the molecule is Brc1c(-c2sc3ccsc3c2Br)oc2cc3c(Br)c(-c4sc5ccsc5c4Br)oc3cc12. The maximum Gasteiger partial charge on any atom is 0.160 e. The molecular weight excluding hydrogens is 744 g/mol. The van der Waals surface area contributed by atoms with Crippen LogP contribution in [0.4, 0.5) is 0 Å². The zero-order valence-electron chi connectivity index (χ0n) is 15.4. The fourth-order valence-corrected chi connectivity index (χ4v) is 11.6. The second kappa shape index (κ2) is 7.52. The first-order chi connectivity index (χ1) is 15.5. The number of thiophene rings is 4. The molecule has 7 aromatic rings. The van der Waals surface area contributed by atoms with Crippen LogP contribution >= 0.6 is 109 Å². The summed E-state index contributed by atoms with van der Waals surface area (Å²) in [5.41, 5.74) is 1.64. The second-order valence-corrected chi connectivity index (χ2v) is 14.2. The van der Waals surface area contributed by atoms with Gasteiger partial charge in [-0.2, -0.15) is 0 Å². The predicted molar refractivity (Wildman–Crippen MR) is 154 cm³/mol. The Morgan fingerprint density at radius 1 is 0.594 bits per heavy atom. The summed E-state index contributed by atoms with van der Waals surface area (Å²) in [5, 5.41) is 6.22. The van der Waals surface area contributed by atoms with E-state index in [1.807, 2.05) is 0 Å². The third-order valence-electron chi connectivity index (χ3n) is 5.27. The fourth-order valence-electron chi connectivity index (χ4n) is 3.80. The van der Waals surface area contributed by atoms with E-state index in [4.69, 9.17) is 8.83 Å². The fraction of sp³-hybridized carbons (Fsp3) is 0. The molecule has 0 saturated heterocycles. The van der Waals surface area contributed by atoms with Gasteiger partial charge in [0.25, 0.3) is 0 Å². The number of hydrogen-bond acceptors (Lipinski definition) is 6. The van der Waals surface area contributed by atoms with E-state index in [9.17, 15) is 0 Å². The summed E-state index contributed by atoms with van der Waals surface area (Å²) in [5.74, 6) is 1.68. The van der Waals surface area contributed by atoms with Gasteiger partial charge in [-0.3, -0.25) is 0 Å². The van der Waals surface area contributed by atoms with Crippen LogP contribution in [-0.4, -0.2) is 0 Å². The number of fused-ring (bicyclic) bond motifs is 4. The van der Waals surface area contributed by atoms with Crippen molar-refractivity contribution in [1.29, 1.82) is 0 Å². The lowest BCUT2D eigenvalue weighted by Crippen LogP contribution is -1.69. The molecular formula is C22H6Br4O2S4. The van der Waals surface area contributed by atoms with Crippen LogP contribution in [0, 0.1) is 0 Å². The van der Waals surface area contributed by atoms with Gasteiger partial charge >= 0.3 is 0 Å². The highest BCUT2D eigenvalue weighted by Gasteiger charge is 2.25. The minimum atomic E-state index is 0.822. The molecule has 0 N–H and O–H groups in total. The Labute approximate surface area is 230 Å². The minimum Gasteiger partial charge on any atom is -0.454 e. The molecule has 0 radical (unpaired) electrons. The van der Waals surface area contributed by atoms with Crippen LogP contribution in [0.15, 0.2) is 61.8 Å². The molecule has 0 aliphatic rings. The van der Waals surface area contributed by atoms with E-state index < -0.39 is 0 Å². The van der Waals surface area contributed by atoms with E-state index >= 15 is 0 Å². The molecule has 6 aromatic heterocycles. The van der Waals surface area contributed by atoms with Gasteiger partial charge in [-0.25, -0.2) is 0 Å². The highest BCUT2D eigenvalue weighted by atomic mass is 79.9. The number of benzene rings is 1. The lowest BCUT2D eigenvalue weighted by molar-refractivity contribution is 0.627. The lowest BCUT2D eigenvalue weighted by atomic mass is 10.2. The minimum absolute atomic E-state index is 0.822. The summed E-state index contributed by atoms with van der Waals surface area (Å²) >= 11 is 22.1. The summed E-state index contributed by atoms with van der Waals surface area (Å²) in [6.45, 7) is 0. The molecule has 32 heavy (non-hydrogen) atoms. The Balaban J connectivity index is 1.44. The summed E-state index contributed by atoms with van der Waals surface area (Å²) in [6, 6.07) is 8.41. The molecule has 0 aliphatic heterocycles. The molecule has 6 heterocycles. The summed E-state index contributed by atoms with van der Waals surface area (Å²) in [7, 11) is 0. The number of hydrogen-bond donors (Lipinski definition) is 0. The second-order valence-electron chi connectivity index (χ2n) is 7.05. The standard InChI is InChI=1S/C22H6Br4O2S4/c23-13-7-5-10-8(14(24)18(28-10)22-16(26)20-12(32-22)2-4-30-20)6-9(7)27-17(13)21-15(25)19-11(31-21)1-3-29-19/h1-6H. The molecule has 0 amide bonds. The first-order valence-corrected chi connectivity index (χ1v) is 15.7. The molecule has 2 nitrogen and oxygen atoms in total.